The van der Waals surface area contributed by atoms with Gasteiger partial charge in [-0.2, -0.15) is 0 Å². The molecule has 5 nitrogen and oxygen atoms in total. The number of benzene rings is 1. The zero-order valence-electron chi connectivity index (χ0n) is 11.4. The van der Waals surface area contributed by atoms with Gasteiger partial charge in [-0.25, -0.2) is 0 Å². The number of nitrogens with zero attached hydrogens (tertiary/aromatic N) is 1. The summed E-state index contributed by atoms with van der Waals surface area (Å²) in [4.78, 5) is 37.2. The number of amides is 2. The number of hydrogen-bond donors (Lipinski definition) is 1. The second kappa shape index (κ2) is 5.66. The summed E-state index contributed by atoms with van der Waals surface area (Å²) >= 11 is 1.40. The third-order valence-electron chi connectivity index (χ3n) is 3.13. The maximum absolute atomic E-state index is 12.1. The molecule has 1 heterocycles. The first-order valence-electron chi connectivity index (χ1n) is 6.37. The van der Waals surface area contributed by atoms with Crippen LogP contribution in [0.3, 0.4) is 0 Å². The number of nitrogens with two attached hydrogens (primary N) is 1. The van der Waals surface area contributed by atoms with Crippen LogP contribution in [0, 0.1) is 0 Å². The van der Waals surface area contributed by atoms with Crippen molar-refractivity contribution >= 4 is 35.0 Å². The van der Waals surface area contributed by atoms with Crippen molar-refractivity contribution in [2.24, 2.45) is 5.73 Å². The third-order valence-corrected chi connectivity index (χ3v) is 4.26. The monoisotopic (exact) mass is 292 g/mol. The molecule has 106 valence electrons. The van der Waals surface area contributed by atoms with E-state index >= 15 is 0 Å². The Labute approximate surface area is 121 Å². The average Bonchev–Trinajstić information content (AvgIpc) is 2.42. The van der Waals surface area contributed by atoms with Crippen LogP contribution in [-0.4, -0.2) is 29.4 Å². The summed E-state index contributed by atoms with van der Waals surface area (Å²) in [5.74, 6) is -0.646. The maximum atomic E-state index is 12.1. The highest BCUT2D eigenvalue weighted by atomic mass is 32.2. The summed E-state index contributed by atoms with van der Waals surface area (Å²) in [6, 6.07) is 5.17. The quantitative estimate of drug-likeness (QED) is 0.855. The molecule has 6 heteroatoms. The lowest BCUT2D eigenvalue weighted by atomic mass is 10.1. The molecule has 20 heavy (non-hydrogen) atoms. The number of thioether (sulfide) groups is 1. The van der Waals surface area contributed by atoms with Crippen LogP contribution in [0.5, 0.6) is 0 Å². The number of carbonyl (C=O) groups excluding carboxylic acids is 3. The Bertz CT molecular complexity index is 586. The van der Waals surface area contributed by atoms with Crippen molar-refractivity contribution in [2.75, 3.05) is 11.4 Å². The summed E-state index contributed by atoms with van der Waals surface area (Å²) in [6.45, 7) is 3.44. The molecule has 0 spiro atoms. The van der Waals surface area contributed by atoms with Gasteiger partial charge in [-0.05, 0) is 25.1 Å². The molecule has 2 N–H and O–H groups in total. The Morgan fingerprint density at radius 3 is 2.70 bits per heavy atom. The number of ketones is 1. The van der Waals surface area contributed by atoms with E-state index in [9.17, 15) is 14.4 Å². The standard InChI is InChI=1S/C14H16N2O3S/c1-3-11(17)9-4-5-10-12(6-9)20-8(2)14(19)16(10)7-13(15)18/h4-6,8H,3,7H2,1-2H3,(H2,15,18). The first-order valence-corrected chi connectivity index (χ1v) is 7.25. The lowest BCUT2D eigenvalue weighted by molar-refractivity contribution is -0.122. The van der Waals surface area contributed by atoms with Gasteiger partial charge in [-0.3, -0.25) is 14.4 Å². The number of hydrogen-bond acceptors (Lipinski definition) is 4. The molecule has 0 saturated carbocycles. The van der Waals surface area contributed by atoms with Crippen LogP contribution in [-0.2, 0) is 9.59 Å². The molecule has 1 atom stereocenters. The van der Waals surface area contributed by atoms with Gasteiger partial charge in [-0.1, -0.05) is 6.92 Å². The highest BCUT2D eigenvalue weighted by Gasteiger charge is 2.31. The van der Waals surface area contributed by atoms with Crippen LogP contribution < -0.4 is 10.6 Å². The van der Waals surface area contributed by atoms with Crippen LogP contribution in [0.25, 0.3) is 0 Å². The fourth-order valence-electron chi connectivity index (χ4n) is 2.11. The van der Waals surface area contributed by atoms with Gasteiger partial charge >= 0.3 is 0 Å². The molecular formula is C14H16N2O3S. The fourth-order valence-corrected chi connectivity index (χ4v) is 3.21. The molecule has 0 bridgehead atoms. The van der Waals surface area contributed by atoms with Crippen LogP contribution in [0.15, 0.2) is 23.1 Å². The van der Waals surface area contributed by atoms with Crippen molar-refractivity contribution < 1.29 is 14.4 Å². The largest absolute Gasteiger partial charge is 0.368 e. The van der Waals surface area contributed by atoms with E-state index in [2.05, 4.69) is 0 Å². The minimum absolute atomic E-state index is 0.0550. The number of rotatable bonds is 4. The first-order chi connectivity index (χ1) is 9.43. The van der Waals surface area contributed by atoms with E-state index in [1.54, 1.807) is 32.0 Å². The minimum Gasteiger partial charge on any atom is -0.368 e. The topological polar surface area (TPSA) is 80.5 Å². The Morgan fingerprint density at radius 1 is 1.40 bits per heavy atom. The van der Waals surface area contributed by atoms with Crippen molar-refractivity contribution in [2.45, 2.75) is 30.4 Å². The van der Waals surface area contributed by atoms with Crippen molar-refractivity contribution in [3.8, 4) is 0 Å². The van der Waals surface area contributed by atoms with Gasteiger partial charge in [0.1, 0.15) is 6.54 Å². The Kier molecular flexibility index (Phi) is 4.13. The molecule has 0 radical (unpaired) electrons. The van der Waals surface area contributed by atoms with E-state index in [4.69, 9.17) is 5.73 Å². The predicted molar refractivity (Wildman–Crippen MR) is 77.9 cm³/mol. The first kappa shape index (κ1) is 14.6. The van der Waals surface area contributed by atoms with Crippen molar-refractivity contribution in [1.82, 2.24) is 0 Å². The lowest BCUT2D eigenvalue weighted by Gasteiger charge is -2.31. The molecule has 0 saturated heterocycles. The van der Waals surface area contributed by atoms with E-state index in [1.807, 2.05) is 0 Å². The number of fused-ring (bicyclic) bond motifs is 1. The smallest absolute Gasteiger partial charge is 0.240 e. The highest BCUT2D eigenvalue weighted by Crippen LogP contribution is 2.39. The summed E-state index contributed by atoms with van der Waals surface area (Å²) in [6.07, 6.45) is 0.433. The van der Waals surface area contributed by atoms with Crippen molar-refractivity contribution in [1.29, 1.82) is 0 Å². The van der Waals surface area contributed by atoms with E-state index < -0.39 is 5.91 Å². The molecule has 1 aliphatic heterocycles. The van der Waals surface area contributed by atoms with Gasteiger partial charge < -0.3 is 10.6 Å². The molecule has 0 fully saturated rings. The Balaban J connectivity index is 2.44. The van der Waals surface area contributed by atoms with Crippen LogP contribution in [0.1, 0.15) is 30.6 Å². The van der Waals surface area contributed by atoms with Gasteiger partial charge in [0.05, 0.1) is 10.9 Å². The molecule has 0 aliphatic carbocycles. The predicted octanol–water partition coefficient (Wildman–Crippen LogP) is 1.59. The molecule has 1 aromatic carbocycles. The van der Waals surface area contributed by atoms with E-state index in [-0.39, 0.29) is 23.5 Å². The van der Waals surface area contributed by atoms with Gasteiger partial charge in [0, 0.05) is 16.9 Å². The molecule has 2 rings (SSSR count). The number of carbonyl (C=O) groups is 3. The second-order valence-electron chi connectivity index (χ2n) is 4.61. The molecule has 1 unspecified atom stereocenters. The maximum Gasteiger partial charge on any atom is 0.240 e. The van der Waals surface area contributed by atoms with Gasteiger partial charge in [-0.15, -0.1) is 11.8 Å². The second-order valence-corrected chi connectivity index (χ2v) is 5.99. The minimum atomic E-state index is -0.558. The van der Waals surface area contributed by atoms with E-state index in [1.165, 1.54) is 16.7 Å². The number of primary amides is 1. The molecule has 1 aliphatic rings. The van der Waals surface area contributed by atoms with Gasteiger partial charge in [0.2, 0.25) is 11.8 Å². The molecular weight excluding hydrogens is 276 g/mol. The lowest BCUT2D eigenvalue weighted by Crippen LogP contribution is -2.44. The zero-order valence-corrected chi connectivity index (χ0v) is 12.2. The average molecular weight is 292 g/mol. The summed E-state index contributed by atoms with van der Waals surface area (Å²) in [5, 5.41) is -0.297. The fraction of sp³-hybridized carbons (Fsp3) is 0.357. The van der Waals surface area contributed by atoms with E-state index in [0.29, 0.717) is 17.7 Å². The zero-order chi connectivity index (χ0) is 14.9. The Morgan fingerprint density at radius 2 is 2.10 bits per heavy atom. The normalized spacial score (nSPS) is 17.8. The molecule has 2 amide bonds. The number of Topliss-reactive ketones (excluding diaryl/α,β-unsaturated/α-hetero) is 1. The van der Waals surface area contributed by atoms with Crippen LogP contribution in [0.2, 0.25) is 0 Å². The molecule has 0 aromatic heterocycles. The summed E-state index contributed by atoms with van der Waals surface area (Å²) < 4.78 is 0. The van der Waals surface area contributed by atoms with Gasteiger partial charge in [0.15, 0.2) is 5.78 Å². The van der Waals surface area contributed by atoms with Gasteiger partial charge in [0.25, 0.3) is 0 Å². The van der Waals surface area contributed by atoms with E-state index in [0.717, 1.165) is 4.90 Å². The van der Waals surface area contributed by atoms with Crippen molar-refractivity contribution in [3.63, 3.8) is 0 Å². The van der Waals surface area contributed by atoms with Crippen LogP contribution in [0.4, 0.5) is 5.69 Å². The third kappa shape index (κ3) is 2.70. The molecule has 1 aromatic rings. The SMILES string of the molecule is CCC(=O)c1ccc2c(c1)SC(C)C(=O)N2CC(N)=O. The number of anilines is 1. The van der Waals surface area contributed by atoms with Crippen LogP contribution >= 0.6 is 11.8 Å². The summed E-state index contributed by atoms with van der Waals surface area (Å²) in [7, 11) is 0. The highest BCUT2D eigenvalue weighted by molar-refractivity contribution is 8.01. The van der Waals surface area contributed by atoms with Crippen molar-refractivity contribution in [3.05, 3.63) is 23.8 Å². The Hall–Kier alpha value is -1.82. The summed E-state index contributed by atoms with van der Waals surface area (Å²) in [5.41, 5.74) is 6.46.